The highest BCUT2D eigenvalue weighted by atomic mass is 28.3. The highest BCUT2D eigenvalue weighted by molar-refractivity contribution is 6.83. The fraction of sp³-hybridized carbons (Fsp3) is 0.400. The molecule has 0 aliphatic rings. The van der Waals surface area contributed by atoms with Crippen molar-refractivity contribution in [1.29, 1.82) is 0 Å². The lowest BCUT2D eigenvalue weighted by Crippen LogP contribution is -2.16. The molecule has 0 saturated heterocycles. The van der Waals surface area contributed by atoms with Gasteiger partial charge in [0.2, 0.25) is 0 Å². The second-order valence-corrected chi connectivity index (χ2v) is 9.95. The minimum Gasteiger partial charge on any atom is -0.497 e. The van der Waals surface area contributed by atoms with E-state index < -0.39 is 8.07 Å². The zero-order valence-corrected chi connectivity index (χ0v) is 12.5. The van der Waals surface area contributed by atoms with Gasteiger partial charge >= 0.3 is 0 Å². The van der Waals surface area contributed by atoms with Crippen LogP contribution in [0.5, 0.6) is 5.75 Å². The average Bonchev–Trinajstić information content (AvgIpc) is 2.33. The molecule has 0 spiro atoms. The summed E-state index contributed by atoms with van der Waals surface area (Å²) >= 11 is 0. The Morgan fingerprint density at radius 3 is 2.33 bits per heavy atom. The van der Waals surface area contributed by atoms with Gasteiger partial charge in [-0.25, -0.2) is 0 Å². The molecular formula is C15H20O2Si. The van der Waals surface area contributed by atoms with Gasteiger partial charge in [-0.05, 0) is 24.3 Å². The number of ether oxygens (including phenoxy) is 1. The Labute approximate surface area is 110 Å². The number of hydrogen-bond acceptors (Lipinski definition) is 2. The van der Waals surface area contributed by atoms with E-state index >= 15 is 0 Å². The molecular weight excluding hydrogens is 240 g/mol. The molecule has 0 saturated carbocycles. The lowest BCUT2D eigenvalue weighted by molar-refractivity contribution is 0.0984. The van der Waals surface area contributed by atoms with Crippen molar-refractivity contribution >= 4 is 13.9 Å². The Morgan fingerprint density at radius 2 is 1.83 bits per heavy atom. The molecule has 18 heavy (non-hydrogen) atoms. The van der Waals surface area contributed by atoms with Crippen molar-refractivity contribution in [3.05, 3.63) is 29.8 Å². The maximum absolute atomic E-state index is 11.9. The van der Waals surface area contributed by atoms with E-state index in [9.17, 15) is 4.79 Å². The van der Waals surface area contributed by atoms with Crippen LogP contribution in [0, 0.1) is 11.5 Å². The minimum absolute atomic E-state index is 0.141. The molecule has 0 amide bonds. The van der Waals surface area contributed by atoms with Gasteiger partial charge in [0, 0.05) is 18.4 Å². The van der Waals surface area contributed by atoms with Crippen LogP contribution in [0.1, 0.15) is 23.2 Å². The van der Waals surface area contributed by atoms with Crippen LogP contribution in [-0.2, 0) is 0 Å². The molecule has 0 radical (unpaired) electrons. The summed E-state index contributed by atoms with van der Waals surface area (Å²) in [7, 11) is 0.304. The van der Waals surface area contributed by atoms with Crippen molar-refractivity contribution < 1.29 is 9.53 Å². The first kappa shape index (κ1) is 14.5. The van der Waals surface area contributed by atoms with E-state index in [4.69, 9.17) is 4.74 Å². The standard InChI is InChI=1S/C15H20O2Si/c1-17-14-10-8-13(9-11-14)15(16)7-5-6-12-18(2,3)4/h8-11H,5,7H2,1-4H3. The maximum atomic E-state index is 11.9. The lowest BCUT2D eigenvalue weighted by Gasteiger charge is -2.03. The van der Waals surface area contributed by atoms with E-state index in [1.165, 1.54) is 0 Å². The van der Waals surface area contributed by atoms with Gasteiger partial charge in [0.1, 0.15) is 13.8 Å². The Balaban J connectivity index is 2.52. The van der Waals surface area contributed by atoms with Crippen LogP contribution in [0.15, 0.2) is 24.3 Å². The van der Waals surface area contributed by atoms with Crippen molar-refractivity contribution in [2.75, 3.05) is 7.11 Å². The van der Waals surface area contributed by atoms with Crippen LogP contribution in [0.2, 0.25) is 19.6 Å². The number of carbonyl (C=O) groups excluding carboxylic acids is 1. The molecule has 1 aromatic carbocycles. The Morgan fingerprint density at radius 1 is 1.22 bits per heavy atom. The predicted octanol–water partition coefficient (Wildman–Crippen LogP) is 3.54. The Kier molecular flexibility index (Phi) is 5.18. The third kappa shape index (κ3) is 5.20. The molecule has 0 atom stereocenters. The monoisotopic (exact) mass is 260 g/mol. The highest BCUT2D eigenvalue weighted by Crippen LogP contribution is 2.13. The zero-order valence-electron chi connectivity index (χ0n) is 11.5. The molecule has 96 valence electrons. The van der Waals surface area contributed by atoms with E-state index in [-0.39, 0.29) is 5.78 Å². The average molecular weight is 260 g/mol. The molecule has 0 bridgehead atoms. The first-order valence-corrected chi connectivity index (χ1v) is 9.59. The third-order valence-electron chi connectivity index (χ3n) is 2.35. The number of carbonyl (C=O) groups is 1. The quantitative estimate of drug-likeness (QED) is 0.470. The summed E-state index contributed by atoms with van der Waals surface area (Å²) < 4.78 is 5.06. The second-order valence-electron chi connectivity index (χ2n) is 5.20. The summed E-state index contributed by atoms with van der Waals surface area (Å²) in [6.07, 6.45) is 1.14. The van der Waals surface area contributed by atoms with Crippen molar-refractivity contribution in [1.82, 2.24) is 0 Å². The van der Waals surface area contributed by atoms with Crippen molar-refractivity contribution in [2.24, 2.45) is 0 Å². The summed E-state index contributed by atoms with van der Waals surface area (Å²) in [6.45, 7) is 6.60. The lowest BCUT2D eigenvalue weighted by atomic mass is 10.1. The summed E-state index contributed by atoms with van der Waals surface area (Å²) in [5.41, 5.74) is 3.99. The molecule has 0 aliphatic heterocycles. The predicted molar refractivity (Wildman–Crippen MR) is 77.7 cm³/mol. The SMILES string of the molecule is COc1ccc(C(=O)CCC#C[Si](C)(C)C)cc1. The van der Waals surface area contributed by atoms with Gasteiger partial charge in [0.25, 0.3) is 0 Å². The first-order chi connectivity index (χ1) is 8.42. The van der Waals surface area contributed by atoms with Gasteiger partial charge < -0.3 is 4.74 Å². The number of rotatable bonds is 4. The first-order valence-electron chi connectivity index (χ1n) is 6.09. The van der Waals surface area contributed by atoms with E-state index in [0.29, 0.717) is 12.8 Å². The molecule has 0 aliphatic carbocycles. The van der Waals surface area contributed by atoms with Gasteiger partial charge in [-0.2, -0.15) is 0 Å². The van der Waals surface area contributed by atoms with Gasteiger partial charge in [-0.1, -0.05) is 19.6 Å². The zero-order chi connectivity index (χ0) is 13.6. The van der Waals surface area contributed by atoms with E-state index in [2.05, 4.69) is 31.1 Å². The van der Waals surface area contributed by atoms with Crippen LogP contribution in [0.3, 0.4) is 0 Å². The van der Waals surface area contributed by atoms with Crippen LogP contribution < -0.4 is 4.74 Å². The third-order valence-corrected chi connectivity index (χ3v) is 3.28. The molecule has 3 heteroatoms. The number of methoxy groups -OCH3 is 1. The number of benzene rings is 1. The normalized spacial score (nSPS) is 10.4. The van der Waals surface area contributed by atoms with E-state index in [1.807, 2.05) is 0 Å². The molecule has 0 heterocycles. The fourth-order valence-corrected chi connectivity index (χ4v) is 2.08. The Hall–Kier alpha value is -1.53. The molecule has 0 aromatic heterocycles. The van der Waals surface area contributed by atoms with Crippen molar-refractivity contribution in [3.63, 3.8) is 0 Å². The largest absolute Gasteiger partial charge is 0.497 e. The molecule has 1 rings (SSSR count). The second kappa shape index (κ2) is 6.41. The topological polar surface area (TPSA) is 26.3 Å². The highest BCUT2D eigenvalue weighted by Gasteiger charge is 2.08. The minimum atomic E-state index is -1.31. The van der Waals surface area contributed by atoms with Crippen LogP contribution in [0.25, 0.3) is 0 Å². The van der Waals surface area contributed by atoms with Gasteiger partial charge in [-0.15, -0.1) is 11.5 Å². The summed E-state index contributed by atoms with van der Waals surface area (Å²) in [5, 5.41) is 0. The number of Topliss-reactive ketones (excluding diaryl/α,β-unsaturated/α-hetero) is 1. The van der Waals surface area contributed by atoms with Crippen molar-refractivity contribution in [3.8, 4) is 17.2 Å². The number of ketones is 1. The van der Waals surface area contributed by atoms with Gasteiger partial charge in [-0.3, -0.25) is 4.79 Å². The Bertz CT molecular complexity index is 458. The molecule has 0 fully saturated rings. The molecule has 1 aromatic rings. The van der Waals surface area contributed by atoms with Crippen LogP contribution in [-0.4, -0.2) is 21.0 Å². The van der Waals surface area contributed by atoms with Crippen LogP contribution >= 0.6 is 0 Å². The van der Waals surface area contributed by atoms with Gasteiger partial charge in [0.15, 0.2) is 5.78 Å². The summed E-state index contributed by atoms with van der Waals surface area (Å²) in [6, 6.07) is 7.21. The van der Waals surface area contributed by atoms with Crippen molar-refractivity contribution in [2.45, 2.75) is 32.5 Å². The summed E-state index contributed by atoms with van der Waals surface area (Å²) in [5.74, 6) is 4.02. The fourth-order valence-electron chi connectivity index (χ4n) is 1.42. The van der Waals surface area contributed by atoms with E-state index in [0.717, 1.165) is 11.3 Å². The van der Waals surface area contributed by atoms with Crippen LogP contribution in [0.4, 0.5) is 0 Å². The maximum Gasteiger partial charge on any atom is 0.163 e. The number of hydrogen-bond donors (Lipinski definition) is 0. The summed E-state index contributed by atoms with van der Waals surface area (Å²) in [4.78, 5) is 11.9. The molecule has 2 nitrogen and oxygen atoms in total. The molecule has 0 N–H and O–H groups in total. The van der Waals surface area contributed by atoms with Gasteiger partial charge in [0.05, 0.1) is 7.11 Å². The smallest absolute Gasteiger partial charge is 0.163 e. The molecule has 0 unspecified atom stereocenters. The van der Waals surface area contributed by atoms with E-state index in [1.54, 1.807) is 31.4 Å².